The number of sulfonamides is 2. The molecule has 9 nitrogen and oxygen atoms in total. The van der Waals surface area contributed by atoms with Gasteiger partial charge in [0.2, 0.25) is 20.0 Å². The molecule has 0 aromatic heterocycles. The van der Waals surface area contributed by atoms with E-state index in [9.17, 15) is 16.8 Å². The number of benzene rings is 2. The van der Waals surface area contributed by atoms with Crippen LogP contribution >= 0.6 is 0 Å². The number of nitrogens with one attached hydrogen (secondary N) is 1. The predicted molar refractivity (Wildman–Crippen MR) is 112 cm³/mol. The van der Waals surface area contributed by atoms with Gasteiger partial charge in [-0.05, 0) is 48.9 Å². The number of nitrogens with zero attached hydrogens (tertiary/aromatic N) is 1. The molecule has 2 aliphatic heterocycles. The lowest BCUT2D eigenvalue weighted by molar-refractivity contribution is 0.0730. The Labute approximate surface area is 182 Å². The van der Waals surface area contributed by atoms with E-state index in [2.05, 4.69) is 4.72 Å². The Morgan fingerprint density at radius 2 is 1.45 bits per heavy atom. The van der Waals surface area contributed by atoms with E-state index in [-0.39, 0.29) is 22.9 Å². The second-order valence-electron chi connectivity index (χ2n) is 7.23. The van der Waals surface area contributed by atoms with E-state index >= 15 is 0 Å². The Morgan fingerprint density at radius 1 is 0.839 bits per heavy atom. The molecule has 11 heteroatoms. The molecule has 1 saturated heterocycles. The zero-order chi connectivity index (χ0) is 22.1. The highest BCUT2D eigenvalue weighted by atomic mass is 32.2. The van der Waals surface area contributed by atoms with Gasteiger partial charge in [0, 0.05) is 19.1 Å². The van der Waals surface area contributed by atoms with Gasteiger partial charge in [0.05, 0.1) is 23.0 Å². The molecule has 0 amide bonds. The molecule has 0 unspecified atom stereocenters. The van der Waals surface area contributed by atoms with Gasteiger partial charge in [-0.1, -0.05) is 6.07 Å². The first-order valence-corrected chi connectivity index (χ1v) is 12.8. The van der Waals surface area contributed by atoms with Crippen LogP contribution in [0.5, 0.6) is 11.5 Å². The molecule has 0 spiro atoms. The third kappa shape index (κ3) is 4.70. The Kier molecular flexibility index (Phi) is 6.22. The Hall–Kier alpha value is -2.18. The molecule has 1 N–H and O–H groups in total. The molecule has 0 radical (unpaired) electrons. The number of morpholine rings is 1. The molecule has 2 aromatic rings. The molecule has 168 valence electrons. The molecule has 1 atom stereocenters. The first-order chi connectivity index (χ1) is 14.8. The fourth-order valence-electron chi connectivity index (χ4n) is 3.42. The van der Waals surface area contributed by atoms with Crippen molar-refractivity contribution in [3.8, 4) is 11.5 Å². The molecule has 4 rings (SSSR count). The molecule has 1 fully saturated rings. The van der Waals surface area contributed by atoms with E-state index in [1.165, 1.54) is 28.6 Å². The minimum absolute atomic E-state index is 0.0159. The maximum absolute atomic E-state index is 12.8. The first-order valence-electron chi connectivity index (χ1n) is 9.87. The lowest BCUT2D eigenvalue weighted by Crippen LogP contribution is -2.40. The van der Waals surface area contributed by atoms with Crippen LogP contribution in [-0.2, 0) is 24.8 Å². The highest BCUT2D eigenvalue weighted by Gasteiger charge is 2.27. The fraction of sp³-hybridized carbons (Fsp3) is 0.400. The van der Waals surface area contributed by atoms with Gasteiger partial charge in [-0.15, -0.1) is 0 Å². The molecular weight excluding hydrogens is 444 g/mol. The van der Waals surface area contributed by atoms with Gasteiger partial charge < -0.3 is 14.2 Å². The van der Waals surface area contributed by atoms with E-state index in [1.54, 1.807) is 25.1 Å². The molecule has 0 aliphatic carbocycles. The van der Waals surface area contributed by atoms with Crippen LogP contribution in [0.2, 0.25) is 0 Å². The van der Waals surface area contributed by atoms with E-state index in [1.807, 2.05) is 0 Å². The highest BCUT2D eigenvalue weighted by molar-refractivity contribution is 7.89. The largest absolute Gasteiger partial charge is 0.486 e. The summed E-state index contributed by atoms with van der Waals surface area (Å²) in [7, 11) is -7.55. The lowest BCUT2D eigenvalue weighted by Gasteiger charge is -2.26. The van der Waals surface area contributed by atoms with Crippen LogP contribution < -0.4 is 14.2 Å². The average molecular weight is 469 g/mol. The third-order valence-electron chi connectivity index (χ3n) is 5.14. The van der Waals surface area contributed by atoms with Gasteiger partial charge >= 0.3 is 0 Å². The summed E-state index contributed by atoms with van der Waals surface area (Å²) in [4.78, 5) is 0.0334. The number of ether oxygens (including phenoxy) is 3. The minimum Gasteiger partial charge on any atom is -0.486 e. The Bertz CT molecular complexity index is 1140. The number of hydrogen-bond donors (Lipinski definition) is 1. The van der Waals surface area contributed by atoms with Crippen LogP contribution in [0.15, 0.2) is 52.3 Å². The Balaban J connectivity index is 1.49. The summed E-state index contributed by atoms with van der Waals surface area (Å²) in [6, 6.07) is 9.97. The second-order valence-corrected chi connectivity index (χ2v) is 10.9. The summed E-state index contributed by atoms with van der Waals surface area (Å²) < 4.78 is 71.3. The van der Waals surface area contributed by atoms with Gasteiger partial charge in [0.15, 0.2) is 11.5 Å². The van der Waals surface area contributed by atoms with Crippen molar-refractivity contribution in [2.75, 3.05) is 39.5 Å². The quantitative estimate of drug-likeness (QED) is 0.684. The topological polar surface area (TPSA) is 111 Å². The van der Waals surface area contributed by atoms with Crippen LogP contribution in [0.3, 0.4) is 0 Å². The van der Waals surface area contributed by atoms with Gasteiger partial charge in [-0.25, -0.2) is 21.6 Å². The molecule has 2 heterocycles. The summed E-state index contributed by atoms with van der Waals surface area (Å²) in [5.41, 5.74) is 0.722. The smallest absolute Gasteiger partial charge is 0.243 e. The summed E-state index contributed by atoms with van der Waals surface area (Å²) in [5, 5.41) is 0. The van der Waals surface area contributed by atoms with E-state index < -0.39 is 26.1 Å². The number of rotatable bonds is 6. The maximum atomic E-state index is 12.8. The standard InChI is InChI=1S/C20H24N2O7S2/c1-15(16-2-7-19-20(14-16)29-13-12-28-19)21-30(23,24)17-3-5-18(6-4-17)31(25,26)22-8-10-27-11-9-22/h2-7,14-15,21H,8-13H2,1H3/t15-/m1/s1. The molecule has 0 saturated carbocycles. The van der Waals surface area contributed by atoms with Crippen LogP contribution in [0.1, 0.15) is 18.5 Å². The second kappa shape index (κ2) is 8.75. The molecule has 2 aromatic carbocycles. The van der Waals surface area contributed by atoms with Crippen LogP contribution in [-0.4, -0.2) is 60.7 Å². The van der Waals surface area contributed by atoms with Crippen molar-refractivity contribution in [2.45, 2.75) is 22.8 Å². The van der Waals surface area contributed by atoms with Gasteiger partial charge in [-0.3, -0.25) is 0 Å². The first kappa shape index (κ1) is 22.0. The Morgan fingerprint density at radius 3 is 2.13 bits per heavy atom. The van der Waals surface area contributed by atoms with Crippen molar-refractivity contribution in [3.05, 3.63) is 48.0 Å². The van der Waals surface area contributed by atoms with Crippen molar-refractivity contribution in [1.29, 1.82) is 0 Å². The van der Waals surface area contributed by atoms with Crippen molar-refractivity contribution >= 4 is 20.0 Å². The SMILES string of the molecule is C[C@@H](NS(=O)(=O)c1ccc(S(=O)(=O)N2CCOCC2)cc1)c1ccc2c(c1)OCCO2. The minimum atomic E-state index is -3.87. The zero-order valence-electron chi connectivity index (χ0n) is 17.0. The van der Waals surface area contributed by atoms with Gasteiger partial charge in [0.1, 0.15) is 13.2 Å². The average Bonchev–Trinajstić information content (AvgIpc) is 2.79. The van der Waals surface area contributed by atoms with E-state index in [0.717, 1.165) is 5.56 Å². The molecule has 31 heavy (non-hydrogen) atoms. The summed E-state index contributed by atoms with van der Waals surface area (Å²) in [5.74, 6) is 1.20. The highest BCUT2D eigenvalue weighted by Crippen LogP contribution is 2.33. The summed E-state index contributed by atoms with van der Waals surface area (Å²) in [6.07, 6.45) is 0. The van der Waals surface area contributed by atoms with Crippen LogP contribution in [0.4, 0.5) is 0 Å². The fourth-order valence-corrected chi connectivity index (χ4v) is 6.06. The number of fused-ring (bicyclic) bond motifs is 1. The van der Waals surface area contributed by atoms with Gasteiger partial charge in [0.25, 0.3) is 0 Å². The molecule has 2 aliphatic rings. The van der Waals surface area contributed by atoms with E-state index in [4.69, 9.17) is 14.2 Å². The maximum Gasteiger partial charge on any atom is 0.243 e. The third-order valence-corrected chi connectivity index (χ3v) is 8.61. The summed E-state index contributed by atoms with van der Waals surface area (Å²) in [6.45, 7) is 3.87. The van der Waals surface area contributed by atoms with Crippen LogP contribution in [0, 0.1) is 0 Å². The van der Waals surface area contributed by atoms with Crippen LogP contribution in [0.25, 0.3) is 0 Å². The van der Waals surface area contributed by atoms with E-state index in [0.29, 0.717) is 37.9 Å². The van der Waals surface area contributed by atoms with Gasteiger partial charge in [-0.2, -0.15) is 4.31 Å². The predicted octanol–water partition coefficient (Wildman–Crippen LogP) is 1.52. The van der Waals surface area contributed by atoms with Crippen molar-refractivity contribution in [2.24, 2.45) is 0 Å². The normalized spacial score (nSPS) is 18.5. The molecule has 0 bridgehead atoms. The van der Waals surface area contributed by atoms with Crippen molar-refractivity contribution in [3.63, 3.8) is 0 Å². The van der Waals surface area contributed by atoms with Crippen molar-refractivity contribution in [1.82, 2.24) is 9.03 Å². The lowest BCUT2D eigenvalue weighted by atomic mass is 10.1. The molecular formula is C20H24N2O7S2. The van der Waals surface area contributed by atoms with Crippen molar-refractivity contribution < 1.29 is 31.0 Å². The zero-order valence-corrected chi connectivity index (χ0v) is 18.6. The summed E-state index contributed by atoms with van der Waals surface area (Å²) >= 11 is 0. The number of hydrogen-bond acceptors (Lipinski definition) is 7. The monoisotopic (exact) mass is 468 g/mol.